The first-order valence-corrected chi connectivity index (χ1v) is 20.0. The van der Waals surface area contributed by atoms with E-state index in [9.17, 15) is 0 Å². The average molecular weight is 499 g/mol. The predicted molar refractivity (Wildman–Crippen MR) is 128 cm³/mol. The fraction of sp³-hybridized carbons (Fsp3) is 1.00. The molecule has 0 radical (unpaired) electrons. The molecule has 12 heteroatoms. The fourth-order valence-electron chi connectivity index (χ4n) is 2.74. The van der Waals surface area contributed by atoms with Crippen molar-refractivity contribution in [3.8, 4) is 0 Å². The van der Waals surface area contributed by atoms with E-state index in [1.807, 2.05) is 41.5 Å². The summed E-state index contributed by atoms with van der Waals surface area (Å²) in [6.07, 6.45) is 0.917. The van der Waals surface area contributed by atoms with Gasteiger partial charge in [-0.1, -0.05) is 26.5 Å². The first-order valence-electron chi connectivity index (χ1n) is 9.62. The van der Waals surface area contributed by atoms with E-state index >= 15 is 0 Å². The van der Waals surface area contributed by atoms with Crippen LogP contribution in [0, 0.1) is 0 Å². The van der Waals surface area contributed by atoms with Gasteiger partial charge in [0.25, 0.3) is 0 Å². The molecule has 0 N–H and O–H groups in total. The lowest BCUT2D eigenvalue weighted by molar-refractivity contribution is 0.0862. The van der Waals surface area contributed by atoms with Gasteiger partial charge in [-0.2, -0.15) is 0 Å². The minimum absolute atomic E-state index is 0.497. The second-order valence-corrected chi connectivity index (χ2v) is 26.2. The summed E-state index contributed by atoms with van der Waals surface area (Å²) >= 11 is 4.49. The van der Waals surface area contributed by atoms with E-state index in [0.717, 1.165) is 12.2 Å². The Hall–Kier alpha value is 1.59. The first kappa shape index (κ1) is 28.6. The van der Waals surface area contributed by atoms with Crippen LogP contribution >= 0.6 is 39.3 Å². The Kier molecular flexibility index (Phi) is 16.3. The largest absolute Gasteiger partial charge is 0.567 e. The Morgan fingerprint density at radius 1 is 0.630 bits per heavy atom. The molecule has 0 fully saturated rings. The Morgan fingerprint density at radius 3 is 1.11 bits per heavy atom. The summed E-state index contributed by atoms with van der Waals surface area (Å²) in [6.45, 7) is 17.0. The van der Waals surface area contributed by atoms with E-state index in [0.29, 0.717) is 39.6 Å². The Bertz CT molecular complexity index is 316. The molecule has 0 rings (SSSR count). The third-order valence-electron chi connectivity index (χ3n) is 3.37. The molecule has 0 heterocycles. The molecule has 0 aromatic heterocycles. The lowest BCUT2D eigenvalue weighted by Crippen LogP contribution is -2.63. The summed E-state index contributed by atoms with van der Waals surface area (Å²) < 4.78 is 38.3. The van der Waals surface area contributed by atoms with Crippen molar-refractivity contribution in [1.82, 2.24) is 0 Å². The molecule has 0 saturated heterocycles. The number of hydrogen-bond donors (Lipinski definition) is 1. The fourth-order valence-corrected chi connectivity index (χ4v) is 42.7. The zero-order valence-corrected chi connectivity index (χ0v) is 23.1. The lowest BCUT2D eigenvalue weighted by Gasteiger charge is -2.53. The summed E-state index contributed by atoms with van der Waals surface area (Å²) in [6, 6.07) is 0. The molecular formula is C15H38O6S4Si2. The van der Waals surface area contributed by atoms with Crippen LogP contribution in [0.4, 0.5) is 0 Å². The van der Waals surface area contributed by atoms with Crippen LogP contribution < -0.4 is 0 Å². The molecule has 0 bridgehead atoms. The predicted octanol–water partition coefficient (Wildman–Crippen LogP) is 5.43. The van der Waals surface area contributed by atoms with Crippen molar-refractivity contribution in [3.63, 3.8) is 0 Å². The van der Waals surface area contributed by atoms with Crippen molar-refractivity contribution in [1.29, 1.82) is 0 Å². The molecule has 0 saturated carbocycles. The molecular weight excluding hydrogens is 461 g/mol. The summed E-state index contributed by atoms with van der Waals surface area (Å²) in [5.74, 6) is 0.809. The lowest BCUT2D eigenvalue weighted by atomic mass is 10.6. The van der Waals surface area contributed by atoms with E-state index in [4.69, 9.17) is 26.6 Å². The van der Waals surface area contributed by atoms with Gasteiger partial charge in [0.15, 0.2) is 0 Å². The zero-order chi connectivity index (χ0) is 20.8. The third-order valence-corrected chi connectivity index (χ3v) is 35.8. The van der Waals surface area contributed by atoms with Gasteiger partial charge < -0.3 is 26.6 Å². The maximum atomic E-state index is 6.38. The highest BCUT2D eigenvalue weighted by Gasteiger charge is 2.74. The summed E-state index contributed by atoms with van der Waals surface area (Å²) in [5.41, 5.74) is 0. The van der Waals surface area contributed by atoms with Crippen molar-refractivity contribution in [2.75, 3.05) is 45.4 Å². The Labute approximate surface area is 181 Å². The van der Waals surface area contributed by atoms with Crippen LogP contribution in [0.5, 0.6) is 0 Å². The second-order valence-electron chi connectivity index (χ2n) is 5.12. The van der Waals surface area contributed by atoms with Crippen LogP contribution in [-0.2, 0) is 26.6 Å². The van der Waals surface area contributed by atoms with Crippen molar-refractivity contribution < 1.29 is 26.6 Å². The molecule has 0 aliphatic carbocycles. The monoisotopic (exact) mass is 498 g/mol. The van der Waals surface area contributed by atoms with E-state index in [1.165, 1.54) is 9.83 Å². The van der Waals surface area contributed by atoms with Crippen molar-refractivity contribution in [3.05, 3.63) is 0 Å². The summed E-state index contributed by atoms with van der Waals surface area (Å²) in [4.78, 5) is 0. The molecule has 166 valence electrons. The van der Waals surface area contributed by atoms with Gasteiger partial charge in [0.2, 0.25) is 0 Å². The normalized spacial score (nSPS) is 13.9. The first-order chi connectivity index (χ1) is 13.0. The molecule has 6 nitrogen and oxygen atoms in total. The summed E-state index contributed by atoms with van der Waals surface area (Å²) in [7, 11) is -5.29. The molecule has 0 aliphatic rings. The van der Waals surface area contributed by atoms with Gasteiger partial charge in [-0.25, -0.2) is 0 Å². The smallest absolute Gasteiger partial charge is 0.366 e. The van der Waals surface area contributed by atoms with Gasteiger partial charge in [-0.3, -0.25) is 0 Å². The van der Waals surface area contributed by atoms with Crippen LogP contribution in [0.25, 0.3) is 0 Å². The minimum atomic E-state index is -3.20. The molecule has 0 atom stereocenters. The second kappa shape index (κ2) is 15.4. The number of thiol groups is 1. The maximum Gasteiger partial charge on any atom is 0.567 e. The highest BCUT2D eigenvalue weighted by molar-refractivity contribution is 9.38. The number of hydrogen-bond acceptors (Lipinski definition) is 9. The Balaban J connectivity index is 6.83. The van der Waals surface area contributed by atoms with Gasteiger partial charge in [0.1, 0.15) is 0 Å². The zero-order valence-electron chi connectivity index (χ0n) is 17.8. The standard InChI is InChI=1S/C15H38O6S4Si2/c1-8-15-25(24-23-22,26(16-9-2,17-10-3)18-11-4)27(19-12-5,20-13-6)21-14-7/h22H,8-15H2,1-7H3. The van der Waals surface area contributed by atoms with Crippen LogP contribution in [0.2, 0.25) is 0 Å². The number of rotatable bonds is 18. The van der Waals surface area contributed by atoms with Crippen LogP contribution in [0.3, 0.4) is 0 Å². The van der Waals surface area contributed by atoms with Crippen molar-refractivity contribution in [2.45, 2.75) is 54.9 Å². The highest BCUT2D eigenvalue weighted by Crippen LogP contribution is 2.77. The van der Waals surface area contributed by atoms with E-state index in [2.05, 4.69) is 18.6 Å². The van der Waals surface area contributed by atoms with Crippen molar-refractivity contribution >= 4 is 55.2 Å². The van der Waals surface area contributed by atoms with Gasteiger partial charge in [0, 0.05) is 39.6 Å². The third kappa shape index (κ3) is 6.79. The van der Waals surface area contributed by atoms with E-state index < -0.39 is 23.9 Å². The average Bonchev–Trinajstić information content (AvgIpc) is 2.62. The van der Waals surface area contributed by atoms with Crippen molar-refractivity contribution in [2.24, 2.45) is 0 Å². The van der Waals surface area contributed by atoms with Gasteiger partial charge in [0.05, 0.1) is 0 Å². The molecule has 27 heavy (non-hydrogen) atoms. The van der Waals surface area contributed by atoms with Crippen LogP contribution in [0.15, 0.2) is 0 Å². The van der Waals surface area contributed by atoms with E-state index in [1.54, 1.807) is 9.83 Å². The molecule has 0 amide bonds. The quantitative estimate of drug-likeness (QED) is 0.152. The maximum absolute atomic E-state index is 6.38. The van der Waals surface area contributed by atoms with Gasteiger partial charge in [-0.05, 0) is 73.4 Å². The topological polar surface area (TPSA) is 55.4 Å². The Morgan fingerprint density at radius 2 is 0.926 bits per heavy atom. The molecule has 0 aromatic rings. The highest BCUT2D eigenvalue weighted by atomic mass is 33.8. The molecule has 0 spiro atoms. The SMILES string of the molecule is CCCS(SSS)([Si](OCC)(OCC)OCC)[Si](OCC)(OCC)OCC. The van der Waals surface area contributed by atoms with Gasteiger partial charge >= 0.3 is 15.9 Å². The van der Waals surface area contributed by atoms with Crippen LogP contribution in [0.1, 0.15) is 54.9 Å². The summed E-state index contributed by atoms with van der Waals surface area (Å²) in [5, 5.41) is 0. The molecule has 0 unspecified atom stereocenters. The molecule has 0 aliphatic heterocycles. The van der Waals surface area contributed by atoms with Gasteiger partial charge in [-0.15, -0.1) is 0 Å². The van der Waals surface area contributed by atoms with E-state index in [-0.39, 0.29) is 0 Å². The molecule has 0 aromatic carbocycles. The van der Waals surface area contributed by atoms with Crippen LogP contribution in [-0.4, -0.2) is 61.3 Å². The minimum Gasteiger partial charge on any atom is -0.366 e.